The number of imidazole rings is 1. The Balaban J connectivity index is 1.65. The quantitative estimate of drug-likeness (QED) is 0.812. The number of piperidine rings is 1. The Hall–Kier alpha value is -1.20. The zero-order valence-electron chi connectivity index (χ0n) is 13.7. The normalized spacial score (nSPS) is 19.6. The fourth-order valence-corrected chi connectivity index (χ4v) is 4.11. The van der Waals surface area contributed by atoms with Gasteiger partial charge in [-0.3, -0.25) is 4.90 Å². The number of hydrogen-bond donors (Lipinski definition) is 0. The van der Waals surface area contributed by atoms with Crippen molar-refractivity contribution in [2.45, 2.75) is 58.5 Å². The number of rotatable bonds is 6. The van der Waals surface area contributed by atoms with E-state index in [2.05, 4.69) is 39.5 Å². The third-order valence-electron chi connectivity index (χ3n) is 4.58. The van der Waals surface area contributed by atoms with Crippen LogP contribution in [0.2, 0.25) is 0 Å². The fraction of sp³-hybridized carbons (Fsp3) is 0.647. The molecule has 120 valence electrons. The summed E-state index contributed by atoms with van der Waals surface area (Å²) in [4.78, 5) is 13.0. The summed E-state index contributed by atoms with van der Waals surface area (Å²) in [5.74, 6) is 1.87. The summed E-state index contributed by atoms with van der Waals surface area (Å²) in [5, 5.41) is 0. The summed E-state index contributed by atoms with van der Waals surface area (Å²) >= 11 is 1.78. The van der Waals surface area contributed by atoms with Crippen LogP contribution in [0.5, 0.6) is 0 Å². The van der Waals surface area contributed by atoms with Crippen molar-refractivity contribution in [2.24, 2.45) is 0 Å². The maximum atomic E-state index is 4.67. The zero-order chi connectivity index (χ0) is 15.4. The monoisotopic (exact) mass is 318 g/mol. The molecule has 1 aliphatic rings. The minimum Gasteiger partial charge on any atom is -0.335 e. The summed E-state index contributed by atoms with van der Waals surface area (Å²) in [5.41, 5.74) is 3.15. The molecule has 22 heavy (non-hydrogen) atoms. The van der Waals surface area contributed by atoms with Crippen molar-refractivity contribution in [1.82, 2.24) is 19.4 Å². The van der Waals surface area contributed by atoms with Crippen LogP contribution in [0, 0.1) is 6.92 Å². The Morgan fingerprint density at radius 1 is 1.36 bits per heavy atom. The van der Waals surface area contributed by atoms with Gasteiger partial charge in [0.25, 0.3) is 0 Å². The summed E-state index contributed by atoms with van der Waals surface area (Å²) < 4.78 is 2.37. The van der Waals surface area contributed by atoms with E-state index in [1.807, 2.05) is 11.7 Å². The highest BCUT2D eigenvalue weighted by atomic mass is 32.1. The van der Waals surface area contributed by atoms with Crippen LogP contribution >= 0.6 is 11.3 Å². The molecule has 3 heterocycles. The fourth-order valence-electron chi connectivity index (χ4n) is 3.29. The van der Waals surface area contributed by atoms with Crippen LogP contribution in [0.3, 0.4) is 0 Å². The highest BCUT2D eigenvalue weighted by Crippen LogP contribution is 2.28. The highest BCUT2D eigenvalue weighted by molar-refractivity contribution is 7.09. The van der Waals surface area contributed by atoms with E-state index in [1.54, 1.807) is 11.3 Å². The van der Waals surface area contributed by atoms with Crippen molar-refractivity contribution < 1.29 is 0 Å². The third-order valence-corrected chi connectivity index (χ3v) is 5.50. The molecule has 2 aromatic heterocycles. The summed E-state index contributed by atoms with van der Waals surface area (Å²) in [7, 11) is 0. The first-order valence-corrected chi connectivity index (χ1v) is 9.28. The molecule has 1 fully saturated rings. The first kappa shape index (κ1) is 15.7. The Kier molecular flexibility index (Phi) is 5.26. The van der Waals surface area contributed by atoms with Gasteiger partial charge in [0.1, 0.15) is 5.82 Å². The molecular formula is C17H26N4S. The van der Waals surface area contributed by atoms with Gasteiger partial charge in [-0.2, -0.15) is 0 Å². The SMILES string of the molecule is CCCCn1ccnc1[C@@H]1CCCN(Cc2scnc2C)C1. The first-order chi connectivity index (χ1) is 10.8. The standard InChI is InChI=1S/C17H26N4S/c1-3-4-9-21-10-7-18-17(21)15-6-5-8-20(11-15)12-16-14(2)19-13-22-16/h7,10,13,15H,3-6,8-9,11-12H2,1-2H3/t15-/m1/s1. The van der Waals surface area contributed by atoms with Gasteiger partial charge in [-0.05, 0) is 32.7 Å². The molecular weight excluding hydrogens is 292 g/mol. The Morgan fingerprint density at radius 2 is 2.27 bits per heavy atom. The predicted octanol–water partition coefficient (Wildman–Crippen LogP) is 3.83. The maximum absolute atomic E-state index is 4.67. The van der Waals surface area contributed by atoms with Crippen molar-refractivity contribution in [3.05, 3.63) is 34.3 Å². The second-order valence-electron chi connectivity index (χ2n) is 6.27. The van der Waals surface area contributed by atoms with Crippen molar-refractivity contribution >= 4 is 11.3 Å². The molecule has 0 amide bonds. The van der Waals surface area contributed by atoms with Crippen LogP contribution in [0.25, 0.3) is 0 Å². The van der Waals surface area contributed by atoms with E-state index in [-0.39, 0.29) is 0 Å². The molecule has 1 saturated heterocycles. The average Bonchev–Trinajstić information content (AvgIpc) is 3.15. The first-order valence-electron chi connectivity index (χ1n) is 8.40. The van der Waals surface area contributed by atoms with Crippen LogP contribution in [0.4, 0.5) is 0 Å². The van der Waals surface area contributed by atoms with Gasteiger partial charge in [-0.25, -0.2) is 9.97 Å². The lowest BCUT2D eigenvalue weighted by Crippen LogP contribution is -2.34. The predicted molar refractivity (Wildman–Crippen MR) is 91.2 cm³/mol. The van der Waals surface area contributed by atoms with Crippen LogP contribution < -0.4 is 0 Å². The lowest BCUT2D eigenvalue weighted by atomic mass is 9.97. The van der Waals surface area contributed by atoms with Gasteiger partial charge < -0.3 is 4.57 Å². The van der Waals surface area contributed by atoms with E-state index in [9.17, 15) is 0 Å². The van der Waals surface area contributed by atoms with Crippen LogP contribution in [-0.2, 0) is 13.1 Å². The Morgan fingerprint density at radius 3 is 3.05 bits per heavy atom. The van der Waals surface area contributed by atoms with E-state index in [1.165, 1.54) is 48.6 Å². The smallest absolute Gasteiger partial charge is 0.113 e. The molecule has 0 bridgehead atoms. The average molecular weight is 318 g/mol. The third kappa shape index (κ3) is 3.58. The molecule has 0 spiro atoms. The van der Waals surface area contributed by atoms with Gasteiger partial charge in [0, 0.05) is 42.8 Å². The van der Waals surface area contributed by atoms with Crippen molar-refractivity contribution in [1.29, 1.82) is 0 Å². The largest absolute Gasteiger partial charge is 0.335 e. The van der Waals surface area contributed by atoms with Gasteiger partial charge >= 0.3 is 0 Å². The highest BCUT2D eigenvalue weighted by Gasteiger charge is 2.25. The number of likely N-dealkylation sites (tertiary alicyclic amines) is 1. The molecule has 1 aliphatic heterocycles. The van der Waals surface area contributed by atoms with E-state index < -0.39 is 0 Å². The van der Waals surface area contributed by atoms with Gasteiger partial charge in [0.05, 0.1) is 11.2 Å². The molecule has 5 heteroatoms. The number of nitrogens with zero attached hydrogens (tertiary/aromatic N) is 4. The molecule has 0 unspecified atom stereocenters. The number of thiazole rings is 1. The van der Waals surface area contributed by atoms with Gasteiger partial charge in [0.2, 0.25) is 0 Å². The van der Waals surface area contributed by atoms with Gasteiger partial charge in [-0.15, -0.1) is 11.3 Å². The number of aromatic nitrogens is 3. The van der Waals surface area contributed by atoms with E-state index >= 15 is 0 Å². The summed E-state index contributed by atoms with van der Waals surface area (Å²) in [6, 6.07) is 0. The lowest BCUT2D eigenvalue weighted by Gasteiger charge is -2.32. The van der Waals surface area contributed by atoms with Crippen LogP contribution in [0.15, 0.2) is 17.9 Å². The summed E-state index contributed by atoms with van der Waals surface area (Å²) in [6.07, 6.45) is 9.12. The zero-order valence-corrected chi connectivity index (χ0v) is 14.5. The molecule has 0 radical (unpaired) electrons. The second-order valence-corrected chi connectivity index (χ2v) is 7.21. The second kappa shape index (κ2) is 7.38. The summed E-state index contributed by atoms with van der Waals surface area (Å²) in [6.45, 7) is 8.84. The molecule has 4 nitrogen and oxygen atoms in total. The minimum atomic E-state index is 0.578. The van der Waals surface area contributed by atoms with Crippen LogP contribution in [0.1, 0.15) is 54.9 Å². The van der Waals surface area contributed by atoms with Crippen LogP contribution in [-0.4, -0.2) is 32.5 Å². The van der Waals surface area contributed by atoms with E-state index in [4.69, 9.17) is 0 Å². The van der Waals surface area contributed by atoms with Crippen molar-refractivity contribution in [2.75, 3.05) is 13.1 Å². The van der Waals surface area contributed by atoms with Gasteiger partial charge in [0.15, 0.2) is 0 Å². The van der Waals surface area contributed by atoms with Crippen molar-refractivity contribution in [3.8, 4) is 0 Å². The van der Waals surface area contributed by atoms with Gasteiger partial charge in [-0.1, -0.05) is 13.3 Å². The van der Waals surface area contributed by atoms with Crippen molar-refractivity contribution in [3.63, 3.8) is 0 Å². The molecule has 0 aromatic carbocycles. The number of hydrogen-bond acceptors (Lipinski definition) is 4. The molecule has 0 aliphatic carbocycles. The Labute approximate surface area is 137 Å². The number of aryl methyl sites for hydroxylation is 2. The minimum absolute atomic E-state index is 0.578. The topological polar surface area (TPSA) is 34.0 Å². The molecule has 0 N–H and O–H groups in total. The molecule has 1 atom stereocenters. The Bertz CT molecular complexity index is 589. The van der Waals surface area contributed by atoms with E-state index in [0.29, 0.717) is 5.92 Å². The lowest BCUT2D eigenvalue weighted by molar-refractivity contribution is 0.195. The molecule has 2 aromatic rings. The molecule has 3 rings (SSSR count). The van der Waals surface area contributed by atoms with E-state index in [0.717, 1.165) is 19.6 Å². The molecule has 0 saturated carbocycles. The maximum Gasteiger partial charge on any atom is 0.113 e. The number of unbranched alkanes of at least 4 members (excludes halogenated alkanes) is 1.